The van der Waals surface area contributed by atoms with E-state index in [-0.39, 0.29) is 11.5 Å². The lowest BCUT2D eigenvalue weighted by molar-refractivity contribution is -0.161. The molecule has 1 heterocycles. The molecule has 0 aliphatic carbocycles. The maximum Gasteiger partial charge on any atom is 0.326 e. The first-order chi connectivity index (χ1) is 9.49. The van der Waals surface area contributed by atoms with Gasteiger partial charge in [0.2, 0.25) is 5.91 Å². The number of nitrogens with one attached hydrogen (secondary N) is 2. The highest BCUT2D eigenvalue weighted by Crippen LogP contribution is 2.12. The van der Waals surface area contributed by atoms with Gasteiger partial charge in [0.05, 0.1) is 13.4 Å². The van der Waals surface area contributed by atoms with E-state index in [4.69, 9.17) is 0 Å². The smallest absolute Gasteiger partial charge is 0.326 e. The van der Waals surface area contributed by atoms with Gasteiger partial charge in [0, 0.05) is 18.3 Å². The van der Waals surface area contributed by atoms with E-state index < -0.39 is 24.1 Å². The quantitative estimate of drug-likeness (QED) is 0.326. The van der Waals surface area contributed by atoms with Crippen LogP contribution in [0, 0.1) is 0 Å². The third-order valence-corrected chi connectivity index (χ3v) is 2.65. The van der Waals surface area contributed by atoms with Crippen molar-refractivity contribution < 1.29 is 18.8 Å². The number of hydrogen-bond donors (Lipinski definition) is 2. The molecule has 1 aromatic heterocycles. The maximum absolute atomic E-state index is 14.2. The standard InChI is InChI=1S/C12H17FN4O3/c1-4-11(18)16-8(2)17(13)10(12(19)20-3)5-9-6-14-7-15-9/h4,6-8,10H,1,5H2,2-3H3,(H,14,15)(H,16,18). The van der Waals surface area contributed by atoms with E-state index in [1.807, 2.05) is 0 Å². The number of halogens is 1. The van der Waals surface area contributed by atoms with Gasteiger partial charge in [-0.1, -0.05) is 6.58 Å². The predicted octanol–water partition coefficient (Wildman–Crippen LogP) is 0.328. The normalized spacial score (nSPS) is 13.6. The Balaban J connectivity index is 2.78. The molecule has 0 bridgehead atoms. The van der Waals surface area contributed by atoms with Gasteiger partial charge in [-0.25, -0.2) is 4.98 Å². The first-order valence-corrected chi connectivity index (χ1v) is 5.91. The van der Waals surface area contributed by atoms with Gasteiger partial charge in [0.1, 0.15) is 12.2 Å². The number of esters is 1. The summed E-state index contributed by atoms with van der Waals surface area (Å²) in [5, 5.41) is 2.56. The third kappa shape index (κ3) is 4.16. The molecule has 0 saturated heterocycles. The lowest BCUT2D eigenvalue weighted by Gasteiger charge is -2.26. The molecule has 1 aromatic rings. The molecule has 1 rings (SSSR count). The number of nitrogens with zero attached hydrogens (tertiary/aromatic N) is 2. The summed E-state index contributed by atoms with van der Waals surface area (Å²) in [4.78, 5) is 29.4. The van der Waals surface area contributed by atoms with Gasteiger partial charge in [0.15, 0.2) is 0 Å². The molecule has 0 spiro atoms. The average molecular weight is 284 g/mol. The largest absolute Gasteiger partial charge is 0.468 e. The zero-order valence-corrected chi connectivity index (χ0v) is 11.3. The highest BCUT2D eigenvalue weighted by atomic mass is 19.2. The van der Waals surface area contributed by atoms with E-state index in [1.165, 1.54) is 26.6 Å². The van der Waals surface area contributed by atoms with Crippen LogP contribution in [0.3, 0.4) is 0 Å². The molecule has 2 N–H and O–H groups in total. The number of rotatable bonds is 7. The fourth-order valence-corrected chi connectivity index (χ4v) is 1.61. The van der Waals surface area contributed by atoms with Crippen LogP contribution in [0.1, 0.15) is 12.6 Å². The van der Waals surface area contributed by atoms with Crippen molar-refractivity contribution in [2.45, 2.75) is 25.6 Å². The molecule has 0 aromatic carbocycles. The maximum atomic E-state index is 14.2. The Bertz CT molecular complexity index is 463. The van der Waals surface area contributed by atoms with Crippen LogP contribution >= 0.6 is 0 Å². The Kier molecular flexibility index (Phi) is 5.85. The number of carbonyl (C=O) groups is 2. The van der Waals surface area contributed by atoms with Gasteiger partial charge >= 0.3 is 5.97 Å². The Labute approximate surface area is 115 Å². The van der Waals surface area contributed by atoms with E-state index in [0.29, 0.717) is 5.69 Å². The molecule has 0 saturated carbocycles. The molecular formula is C12H17FN4O3. The number of carbonyl (C=O) groups excluding carboxylic acids is 2. The van der Waals surface area contributed by atoms with Crippen molar-refractivity contribution in [3.63, 3.8) is 0 Å². The van der Waals surface area contributed by atoms with Crippen LogP contribution in [0.25, 0.3) is 0 Å². The average Bonchev–Trinajstić information content (AvgIpc) is 2.95. The van der Waals surface area contributed by atoms with Crippen LogP contribution in [-0.2, 0) is 20.7 Å². The number of methoxy groups -OCH3 is 1. The summed E-state index contributed by atoms with van der Waals surface area (Å²) in [6, 6.07) is -1.19. The number of hydrogen-bond acceptors (Lipinski definition) is 5. The van der Waals surface area contributed by atoms with E-state index in [1.54, 1.807) is 0 Å². The van der Waals surface area contributed by atoms with E-state index in [0.717, 1.165) is 6.08 Å². The summed E-state index contributed by atoms with van der Waals surface area (Å²) >= 11 is 0. The number of ether oxygens (including phenoxy) is 1. The van der Waals surface area contributed by atoms with Crippen molar-refractivity contribution in [3.05, 3.63) is 30.9 Å². The summed E-state index contributed by atoms with van der Waals surface area (Å²) in [6.45, 7) is 4.68. The highest BCUT2D eigenvalue weighted by Gasteiger charge is 2.32. The SMILES string of the molecule is C=CC(=O)NC(C)N(F)C(Cc1cnc[nH]1)C(=O)OC. The minimum Gasteiger partial charge on any atom is -0.468 e. The molecular weight excluding hydrogens is 267 g/mol. The second kappa shape index (κ2) is 7.39. The van der Waals surface area contributed by atoms with Crippen molar-refractivity contribution >= 4 is 11.9 Å². The zero-order valence-electron chi connectivity index (χ0n) is 11.3. The van der Waals surface area contributed by atoms with Crippen molar-refractivity contribution in [1.29, 1.82) is 0 Å². The number of aromatic amines is 1. The molecule has 8 heteroatoms. The minimum atomic E-state index is -1.19. The molecule has 0 radical (unpaired) electrons. The summed E-state index contributed by atoms with van der Waals surface area (Å²) in [7, 11) is 1.17. The van der Waals surface area contributed by atoms with Gasteiger partial charge in [0.25, 0.3) is 0 Å². The van der Waals surface area contributed by atoms with Gasteiger partial charge in [-0.15, -0.1) is 9.60 Å². The Hall–Kier alpha value is -2.22. The van der Waals surface area contributed by atoms with E-state index >= 15 is 0 Å². The monoisotopic (exact) mass is 284 g/mol. The van der Waals surface area contributed by atoms with Crippen LogP contribution in [0.4, 0.5) is 4.48 Å². The molecule has 2 unspecified atom stereocenters. The van der Waals surface area contributed by atoms with E-state index in [9.17, 15) is 14.1 Å². The summed E-state index contributed by atoms with van der Waals surface area (Å²) in [5.41, 5.74) is 0.574. The van der Waals surface area contributed by atoms with Gasteiger partial charge in [-0.3, -0.25) is 9.59 Å². The molecule has 20 heavy (non-hydrogen) atoms. The summed E-state index contributed by atoms with van der Waals surface area (Å²) in [5.74, 6) is -1.29. The van der Waals surface area contributed by atoms with Crippen molar-refractivity contribution in [3.8, 4) is 0 Å². The Morgan fingerprint density at radius 3 is 2.90 bits per heavy atom. The summed E-state index contributed by atoms with van der Waals surface area (Å²) < 4.78 is 18.8. The van der Waals surface area contributed by atoms with Crippen molar-refractivity contribution in [2.24, 2.45) is 0 Å². The second-order valence-electron chi connectivity index (χ2n) is 4.05. The number of imidazole rings is 1. The fourth-order valence-electron chi connectivity index (χ4n) is 1.61. The highest BCUT2D eigenvalue weighted by molar-refractivity contribution is 5.87. The lowest BCUT2D eigenvalue weighted by atomic mass is 10.1. The molecule has 1 amide bonds. The van der Waals surface area contributed by atoms with Crippen molar-refractivity contribution in [1.82, 2.24) is 20.4 Å². The van der Waals surface area contributed by atoms with Crippen LogP contribution in [-0.4, -0.2) is 46.3 Å². The molecule has 2 atom stereocenters. The molecule has 0 fully saturated rings. The Morgan fingerprint density at radius 2 is 2.40 bits per heavy atom. The third-order valence-electron chi connectivity index (χ3n) is 2.65. The van der Waals surface area contributed by atoms with Crippen LogP contribution in [0.5, 0.6) is 0 Å². The number of aromatic nitrogens is 2. The molecule has 110 valence electrons. The van der Waals surface area contributed by atoms with E-state index in [2.05, 4.69) is 26.6 Å². The van der Waals surface area contributed by atoms with Crippen LogP contribution in [0.15, 0.2) is 25.2 Å². The minimum absolute atomic E-state index is 0.0392. The van der Waals surface area contributed by atoms with Crippen LogP contribution < -0.4 is 5.32 Å². The molecule has 0 aliphatic rings. The van der Waals surface area contributed by atoms with Crippen LogP contribution in [0.2, 0.25) is 0 Å². The van der Waals surface area contributed by atoms with Gasteiger partial charge in [-0.2, -0.15) is 0 Å². The fraction of sp³-hybridized carbons (Fsp3) is 0.417. The predicted molar refractivity (Wildman–Crippen MR) is 68.8 cm³/mol. The van der Waals surface area contributed by atoms with Gasteiger partial charge in [-0.05, 0) is 13.0 Å². The van der Waals surface area contributed by atoms with Gasteiger partial charge < -0.3 is 15.0 Å². The second-order valence-corrected chi connectivity index (χ2v) is 4.05. The molecule has 0 aliphatic heterocycles. The first-order valence-electron chi connectivity index (χ1n) is 5.91. The zero-order chi connectivity index (χ0) is 15.1. The number of H-pyrrole nitrogens is 1. The topological polar surface area (TPSA) is 87.3 Å². The summed E-state index contributed by atoms with van der Waals surface area (Å²) in [6.07, 6.45) is 2.96. The van der Waals surface area contributed by atoms with Crippen molar-refractivity contribution in [2.75, 3.05) is 7.11 Å². The number of amides is 1. The molecule has 7 nitrogen and oxygen atoms in total. The Morgan fingerprint density at radius 1 is 1.70 bits per heavy atom. The first kappa shape index (κ1) is 15.8. The lowest BCUT2D eigenvalue weighted by Crippen LogP contribution is -2.50.